The molecule has 1 amide bonds. The number of hydrogen-bond acceptors (Lipinski definition) is 4. The molecule has 6 nitrogen and oxygen atoms in total. The number of fused-ring (bicyclic) bond motifs is 1. The van der Waals surface area contributed by atoms with Crippen LogP contribution in [-0.2, 0) is 4.79 Å². The molecule has 1 heterocycles. The van der Waals surface area contributed by atoms with Crippen molar-refractivity contribution in [1.82, 2.24) is 14.5 Å². The highest BCUT2D eigenvalue weighted by Crippen LogP contribution is 2.33. The number of para-hydroxylation sites is 3. The van der Waals surface area contributed by atoms with Gasteiger partial charge in [0.05, 0.1) is 29.7 Å². The lowest BCUT2D eigenvalue weighted by molar-refractivity contribution is -0.139. The van der Waals surface area contributed by atoms with Gasteiger partial charge in [-0.15, -0.1) is 0 Å². The fourth-order valence-electron chi connectivity index (χ4n) is 4.15. The highest BCUT2D eigenvalue weighted by molar-refractivity contribution is 5.80. The summed E-state index contributed by atoms with van der Waals surface area (Å²) in [6.07, 6.45) is 3.62. The van der Waals surface area contributed by atoms with E-state index in [4.69, 9.17) is 9.72 Å². The molecule has 1 saturated carbocycles. The molecule has 6 heteroatoms. The number of benzene rings is 2. The van der Waals surface area contributed by atoms with Gasteiger partial charge in [0.2, 0.25) is 5.91 Å². The average molecular weight is 405 g/mol. The van der Waals surface area contributed by atoms with Gasteiger partial charge in [-0.1, -0.05) is 37.6 Å². The summed E-state index contributed by atoms with van der Waals surface area (Å²) >= 11 is 0. The second-order valence-electron chi connectivity index (χ2n) is 7.80. The normalized spacial score (nSPS) is 14.9. The number of carbonyl (C=O) groups is 1. The maximum atomic E-state index is 13.6. The summed E-state index contributed by atoms with van der Waals surface area (Å²) < 4.78 is 7.15. The molecule has 0 bridgehead atoms. The van der Waals surface area contributed by atoms with Crippen LogP contribution in [0, 0.1) is 5.92 Å². The number of carbonyl (C=O) groups excluding carboxylic acids is 1. The monoisotopic (exact) mass is 405 g/mol. The lowest BCUT2D eigenvalue weighted by Gasteiger charge is -2.34. The summed E-state index contributed by atoms with van der Waals surface area (Å²) in [7, 11) is 3.41. The third kappa shape index (κ3) is 3.36. The first-order valence-corrected chi connectivity index (χ1v) is 10.5. The molecular weight excluding hydrogens is 378 g/mol. The van der Waals surface area contributed by atoms with Gasteiger partial charge in [0, 0.05) is 13.0 Å². The van der Waals surface area contributed by atoms with E-state index in [1.54, 1.807) is 22.6 Å². The van der Waals surface area contributed by atoms with E-state index in [1.165, 1.54) is 0 Å². The number of rotatable bonds is 6. The Hall–Kier alpha value is -3.15. The highest BCUT2D eigenvalue weighted by Gasteiger charge is 2.33. The average Bonchev–Trinajstić information content (AvgIpc) is 2.73. The van der Waals surface area contributed by atoms with Crippen LogP contribution in [0.15, 0.2) is 53.3 Å². The van der Waals surface area contributed by atoms with Crippen molar-refractivity contribution < 1.29 is 9.53 Å². The highest BCUT2D eigenvalue weighted by atomic mass is 16.5. The standard InChI is InChI=1S/C24H27N3O3/c1-4-19(26(2)23(28)16-10-9-11-16)22-25-18-13-6-5-12-17(18)24(29)27(22)20-14-7-8-15-21(20)30-3/h5-8,12-16,19H,4,9-11H2,1-3H3. The van der Waals surface area contributed by atoms with E-state index in [1.807, 2.05) is 56.4 Å². The molecule has 1 fully saturated rings. The number of amides is 1. The maximum Gasteiger partial charge on any atom is 0.266 e. The maximum absolute atomic E-state index is 13.6. The quantitative estimate of drug-likeness (QED) is 0.619. The van der Waals surface area contributed by atoms with E-state index in [2.05, 4.69) is 0 Å². The van der Waals surface area contributed by atoms with E-state index in [0.29, 0.717) is 34.6 Å². The first kappa shape index (κ1) is 20.1. The van der Waals surface area contributed by atoms with Gasteiger partial charge in [0.15, 0.2) is 0 Å². The Kier molecular flexibility index (Phi) is 5.57. The topological polar surface area (TPSA) is 64.4 Å². The zero-order valence-corrected chi connectivity index (χ0v) is 17.7. The molecule has 1 aromatic heterocycles. The summed E-state index contributed by atoms with van der Waals surface area (Å²) in [6.45, 7) is 2.02. The van der Waals surface area contributed by atoms with E-state index in [9.17, 15) is 9.59 Å². The third-order valence-electron chi connectivity index (χ3n) is 6.08. The van der Waals surface area contributed by atoms with Crippen LogP contribution >= 0.6 is 0 Å². The Morgan fingerprint density at radius 2 is 1.90 bits per heavy atom. The van der Waals surface area contributed by atoms with Crippen molar-refractivity contribution in [3.05, 3.63) is 64.7 Å². The van der Waals surface area contributed by atoms with Crippen molar-refractivity contribution >= 4 is 16.8 Å². The molecule has 0 radical (unpaired) electrons. The van der Waals surface area contributed by atoms with Crippen LogP contribution in [0.25, 0.3) is 16.6 Å². The molecule has 4 rings (SSSR count). The largest absolute Gasteiger partial charge is 0.495 e. The molecule has 1 atom stereocenters. The number of hydrogen-bond donors (Lipinski definition) is 0. The predicted molar refractivity (Wildman–Crippen MR) is 117 cm³/mol. The fourth-order valence-corrected chi connectivity index (χ4v) is 4.15. The molecule has 30 heavy (non-hydrogen) atoms. The zero-order chi connectivity index (χ0) is 21.3. The number of methoxy groups -OCH3 is 1. The molecule has 1 aliphatic rings. The Morgan fingerprint density at radius 1 is 1.20 bits per heavy atom. The van der Waals surface area contributed by atoms with Gasteiger partial charge in [-0.2, -0.15) is 0 Å². The SMILES string of the molecule is CCC(c1nc2ccccc2c(=O)n1-c1ccccc1OC)N(C)C(=O)C1CCC1. The molecule has 156 valence electrons. The van der Waals surface area contributed by atoms with Gasteiger partial charge < -0.3 is 9.64 Å². The molecule has 2 aromatic carbocycles. The van der Waals surface area contributed by atoms with Crippen molar-refractivity contribution in [2.45, 2.75) is 38.6 Å². The molecule has 1 aliphatic carbocycles. The first-order chi connectivity index (χ1) is 14.6. The lowest BCUT2D eigenvalue weighted by Crippen LogP contribution is -2.40. The Morgan fingerprint density at radius 3 is 2.57 bits per heavy atom. The first-order valence-electron chi connectivity index (χ1n) is 10.5. The van der Waals surface area contributed by atoms with Gasteiger partial charge >= 0.3 is 0 Å². The fraction of sp³-hybridized carbons (Fsp3) is 0.375. The van der Waals surface area contributed by atoms with Crippen LogP contribution in [-0.4, -0.2) is 34.5 Å². The molecule has 0 saturated heterocycles. The Balaban J connectivity index is 1.95. The molecule has 1 unspecified atom stereocenters. The van der Waals surface area contributed by atoms with Gasteiger partial charge in [-0.05, 0) is 43.5 Å². The second kappa shape index (κ2) is 8.30. The molecule has 0 N–H and O–H groups in total. The minimum atomic E-state index is -0.319. The van der Waals surface area contributed by atoms with E-state index >= 15 is 0 Å². The summed E-state index contributed by atoms with van der Waals surface area (Å²) in [5.41, 5.74) is 1.09. The number of nitrogens with zero attached hydrogens (tertiary/aromatic N) is 3. The summed E-state index contributed by atoms with van der Waals surface area (Å²) in [5, 5.41) is 0.537. The summed E-state index contributed by atoms with van der Waals surface area (Å²) in [5.74, 6) is 1.35. The van der Waals surface area contributed by atoms with Gasteiger partial charge in [0.25, 0.3) is 5.56 Å². The molecule has 0 aliphatic heterocycles. The van der Waals surface area contributed by atoms with Crippen LogP contribution in [0.3, 0.4) is 0 Å². The second-order valence-corrected chi connectivity index (χ2v) is 7.80. The minimum absolute atomic E-state index is 0.0796. The minimum Gasteiger partial charge on any atom is -0.495 e. The third-order valence-corrected chi connectivity index (χ3v) is 6.08. The number of ether oxygens (including phenoxy) is 1. The smallest absolute Gasteiger partial charge is 0.266 e. The number of aromatic nitrogens is 2. The van der Waals surface area contributed by atoms with Gasteiger partial charge in [0.1, 0.15) is 11.6 Å². The van der Waals surface area contributed by atoms with Crippen LogP contribution in [0.5, 0.6) is 5.75 Å². The van der Waals surface area contributed by atoms with Crippen molar-refractivity contribution in [3.63, 3.8) is 0 Å². The van der Waals surface area contributed by atoms with E-state index < -0.39 is 0 Å². The van der Waals surface area contributed by atoms with Crippen molar-refractivity contribution in [2.24, 2.45) is 5.92 Å². The van der Waals surface area contributed by atoms with Crippen LogP contribution in [0.4, 0.5) is 0 Å². The van der Waals surface area contributed by atoms with E-state index in [-0.39, 0.29) is 23.4 Å². The van der Waals surface area contributed by atoms with E-state index in [0.717, 1.165) is 19.3 Å². The zero-order valence-electron chi connectivity index (χ0n) is 17.7. The Labute approximate surface area is 176 Å². The van der Waals surface area contributed by atoms with Crippen LogP contribution in [0.1, 0.15) is 44.5 Å². The van der Waals surface area contributed by atoms with Crippen molar-refractivity contribution in [1.29, 1.82) is 0 Å². The van der Waals surface area contributed by atoms with Crippen molar-refractivity contribution in [2.75, 3.05) is 14.2 Å². The van der Waals surface area contributed by atoms with Gasteiger partial charge in [-0.3, -0.25) is 14.2 Å². The summed E-state index contributed by atoms with van der Waals surface area (Å²) in [4.78, 5) is 33.2. The molecular formula is C24H27N3O3. The predicted octanol–water partition coefficient (Wildman–Crippen LogP) is 4.10. The lowest BCUT2D eigenvalue weighted by atomic mass is 9.84. The molecule has 3 aromatic rings. The Bertz CT molecular complexity index is 1130. The van der Waals surface area contributed by atoms with Crippen molar-refractivity contribution in [3.8, 4) is 11.4 Å². The van der Waals surface area contributed by atoms with Crippen LogP contribution in [0.2, 0.25) is 0 Å². The van der Waals surface area contributed by atoms with Crippen LogP contribution < -0.4 is 10.3 Å². The molecule has 0 spiro atoms. The van der Waals surface area contributed by atoms with Gasteiger partial charge in [-0.25, -0.2) is 4.98 Å². The summed E-state index contributed by atoms with van der Waals surface area (Å²) in [6, 6.07) is 14.4.